The fraction of sp³-hybridized carbons (Fsp3) is 0.533. The molecule has 1 aliphatic rings. The highest BCUT2D eigenvalue weighted by Gasteiger charge is 2.20. The van der Waals surface area contributed by atoms with E-state index in [0.29, 0.717) is 37.8 Å². The second kappa shape index (κ2) is 5.95. The zero-order chi connectivity index (χ0) is 13.8. The first-order valence-corrected chi connectivity index (χ1v) is 6.91. The number of nitrogens with zero attached hydrogens (tertiary/aromatic N) is 1. The molecule has 0 unspecified atom stereocenters. The lowest BCUT2D eigenvalue weighted by Crippen LogP contribution is -2.28. The van der Waals surface area contributed by atoms with Crippen LogP contribution in [0.3, 0.4) is 0 Å². The Kier molecular flexibility index (Phi) is 4.30. The van der Waals surface area contributed by atoms with Gasteiger partial charge in [0.2, 0.25) is 0 Å². The van der Waals surface area contributed by atoms with Crippen LogP contribution in [0.25, 0.3) is 0 Å². The Bertz CT molecular complexity index is 557. The number of rotatable bonds is 5. The molecular weight excluding hydrogens is 242 g/mol. The average Bonchev–Trinajstić information content (AvgIpc) is 2.41. The summed E-state index contributed by atoms with van der Waals surface area (Å²) in [5, 5.41) is 0. The van der Waals surface area contributed by atoms with E-state index in [0.717, 1.165) is 18.5 Å². The fourth-order valence-corrected chi connectivity index (χ4v) is 2.55. The minimum Gasteiger partial charge on any atom is -0.312 e. The number of pyridine rings is 1. The molecule has 0 N–H and O–H groups in total. The van der Waals surface area contributed by atoms with Crippen molar-refractivity contribution in [2.45, 2.75) is 52.0 Å². The van der Waals surface area contributed by atoms with Crippen LogP contribution in [0.15, 0.2) is 16.9 Å². The van der Waals surface area contributed by atoms with Crippen molar-refractivity contribution in [3.63, 3.8) is 0 Å². The molecule has 0 spiro atoms. The number of fused-ring (bicyclic) bond motifs is 1. The third-order valence-electron chi connectivity index (χ3n) is 3.64. The SMILES string of the molecule is CCC(=O)CCCn1c2c(ccc1=O)C(=O)CCC2. The Morgan fingerprint density at radius 2 is 2.05 bits per heavy atom. The van der Waals surface area contributed by atoms with E-state index >= 15 is 0 Å². The maximum atomic E-state index is 11.9. The van der Waals surface area contributed by atoms with Crippen LogP contribution in [0.5, 0.6) is 0 Å². The van der Waals surface area contributed by atoms with E-state index < -0.39 is 0 Å². The summed E-state index contributed by atoms with van der Waals surface area (Å²) >= 11 is 0. The van der Waals surface area contributed by atoms with E-state index in [4.69, 9.17) is 0 Å². The molecule has 102 valence electrons. The van der Waals surface area contributed by atoms with Crippen molar-refractivity contribution < 1.29 is 9.59 Å². The Morgan fingerprint density at radius 1 is 1.26 bits per heavy atom. The maximum Gasteiger partial charge on any atom is 0.250 e. The predicted octanol–water partition coefficient (Wildman–Crippen LogP) is 2.13. The van der Waals surface area contributed by atoms with Crippen LogP contribution in [0.1, 0.15) is 55.1 Å². The Balaban J connectivity index is 2.20. The molecule has 0 amide bonds. The van der Waals surface area contributed by atoms with Crippen molar-refractivity contribution in [2.24, 2.45) is 0 Å². The highest BCUT2D eigenvalue weighted by atomic mass is 16.1. The molecule has 0 saturated carbocycles. The van der Waals surface area contributed by atoms with Gasteiger partial charge in [0, 0.05) is 43.1 Å². The molecule has 0 atom stereocenters. The van der Waals surface area contributed by atoms with Crippen molar-refractivity contribution >= 4 is 11.6 Å². The molecule has 0 aromatic carbocycles. The molecule has 1 aliphatic carbocycles. The smallest absolute Gasteiger partial charge is 0.250 e. The molecule has 1 aromatic heterocycles. The number of Topliss-reactive ketones (excluding diaryl/α,β-unsaturated/α-hetero) is 2. The Morgan fingerprint density at radius 3 is 2.79 bits per heavy atom. The molecular formula is C15H19NO3. The lowest BCUT2D eigenvalue weighted by molar-refractivity contribution is -0.118. The second-order valence-corrected chi connectivity index (χ2v) is 4.96. The first-order chi connectivity index (χ1) is 9.13. The third kappa shape index (κ3) is 3.00. The third-order valence-corrected chi connectivity index (χ3v) is 3.64. The summed E-state index contributed by atoms with van der Waals surface area (Å²) in [6.45, 7) is 2.37. The summed E-state index contributed by atoms with van der Waals surface area (Å²) < 4.78 is 1.68. The van der Waals surface area contributed by atoms with Crippen LogP contribution in [-0.2, 0) is 17.8 Å². The van der Waals surface area contributed by atoms with Gasteiger partial charge in [0.15, 0.2) is 5.78 Å². The number of carbonyl (C=O) groups is 2. The van der Waals surface area contributed by atoms with Crippen LogP contribution in [0.4, 0.5) is 0 Å². The first-order valence-electron chi connectivity index (χ1n) is 6.91. The Hall–Kier alpha value is -1.71. The number of aromatic nitrogens is 1. The Labute approximate surface area is 112 Å². The van der Waals surface area contributed by atoms with E-state index in [2.05, 4.69) is 0 Å². The first kappa shape index (κ1) is 13.7. The van der Waals surface area contributed by atoms with Gasteiger partial charge in [-0.3, -0.25) is 14.4 Å². The van der Waals surface area contributed by atoms with Gasteiger partial charge in [-0.1, -0.05) is 6.92 Å². The summed E-state index contributed by atoms with van der Waals surface area (Å²) in [6, 6.07) is 3.11. The largest absolute Gasteiger partial charge is 0.312 e. The molecule has 0 saturated heterocycles. The molecule has 1 aromatic rings. The van der Waals surface area contributed by atoms with Crippen molar-refractivity contribution in [2.75, 3.05) is 0 Å². The average molecular weight is 261 g/mol. The minimum absolute atomic E-state index is 0.0719. The van der Waals surface area contributed by atoms with Gasteiger partial charge in [0.1, 0.15) is 5.78 Å². The van der Waals surface area contributed by atoms with E-state index in [1.807, 2.05) is 6.92 Å². The highest BCUT2D eigenvalue weighted by Crippen LogP contribution is 2.19. The quantitative estimate of drug-likeness (QED) is 0.815. The molecule has 19 heavy (non-hydrogen) atoms. The fourth-order valence-electron chi connectivity index (χ4n) is 2.55. The van der Waals surface area contributed by atoms with Crippen LogP contribution in [0, 0.1) is 0 Å². The highest BCUT2D eigenvalue weighted by molar-refractivity contribution is 5.97. The molecule has 4 heteroatoms. The summed E-state index contributed by atoms with van der Waals surface area (Å²) in [7, 11) is 0. The summed E-state index contributed by atoms with van der Waals surface area (Å²) in [5.74, 6) is 0.341. The molecule has 1 heterocycles. The number of ketones is 2. The monoisotopic (exact) mass is 261 g/mol. The van der Waals surface area contributed by atoms with Gasteiger partial charge < -0.3 is 4.57 Å². The topological polar surface area (TPSA) is 56.1 Å². The lowest BCUT2D eigenvalue weighted by atomic mass is 9.94. The van der Waals surface area contributed by atoms with Crippen LogP contribution in [0.2, 0.25) is 0 Å². The van der Waals surface area contributed by atoms with Gasteiger partial charge >= 0.3 is 0 Å². The van der Waals surface area contributed by atoms with Gasteiger partial charge in [-0.05, 0) is 25.3 Å². The van der Waals surface area contributed by atoms with Crippen LogP contribution >= 0.6 is 0 Å². The van der Waals surface area contributed by atoms with Crippen molar-refractivity contribution in [3.8, 4) is 0 Å². The van der Waals surface area contributed by atoms with Crippen LogP contribution in [-0.4, -0.2) is 16.1 Å². The van der Waals surface area contributed by atoms with E-state index in [-0.39, 0.29) is 17.1 Å². The van der Waals surface area contributed by atoms with Gasteiger partial charge in [-0.2, -0.15) is 0 Å². The predicted molar refractivity (Wildman–Crippen MR) is 72.5 cm³/mol. The number of hydrogen-bond donors (Lipinski definition) is 0. The van der Waals surface area contributed by atoms with Gasteiger partial charge in [0.05, 0.1) is 0 Å². The normalized spacial score (nSPS) is 14.3. The minimum atomic E-state index is -0.0719. The van der Waals surface area contributed by atoms with Gasteiger partial charge in [-0.15, -0.1) is 0 Å². The van der Waals surface area contributed by atoms with E-state index in [1.54, 1.807) is 10.6 Å². The molecule has 0 bridgehead atoms. The molecule has 0 fully saturated rings. The zero-order valence-corrected chi connectivity index (χ0v) is 11.3. The van der Waals surface area contributed by atoms with Crippen LogP contribution < -0.4 is 5.56 Å². The van der Waals surface area contributed by atoms with Crippen molar-refractivity contribution in [3.05, 3.63) is 33.7 Å². The summed E-state index contributed by atoms with van der Waals surface area (Å²) in [6.07, 6.45) is 3.86. The zero-order valence-electron chi connectivity index (χ0n) is 11.3. The lowest BCUT2D eigenvalue weighted by Gasteiger charge is -2.19. The molecule has 4 nitrogen and oxygen atoms in total. The van der Waals surface area contributed by atoms with E-state index in [1.165, 1.54) is 6.07 Å². The standard InChI is InChI=1S/C15H19NO3/c1-2-11(17)5-4-10-16-13-6-3-7-14(18)12(13)8-9-15(16)19/h8-9H,2-7,10H2,1H3. The molecule has 0 radical (unpaired) electrons. The number of carbonyl (C=O) groups excluding carboxylic acids is 2. The van der Waals surface area contributed by atoms with Gasteiger partial charge in [0.25, 0.3) is 5.56 Å². The summed E-state index contributed by atoms with van der Waals surface area (Å²) in [4.78, 5) is 35.0. The maximum absolute atomic E-state index is 11.9. The second-order valence-electron chi connectivity index (χ2n) is 4.96. The van der Waals surface area contributed by atoms with Gasteiger partial charge in [-0.25, -0.2) is 0 Å². The van der Waals surface area contributed by atoms with Crippen molar-refractivity contribution in [1.82, 2.24) is 4.57 Å². The van der Waals surface area contributed by atoms with E-state index in [9.17, 15) is 14.4 Å². The molecule has 0 aliphatic heterocycles. The molecule has 2 rings (SSSR count). The number of hydrogen-bond acceptors (Lipinski definition) is 3. The summed E-state index contributed by atoms with van der Waals surface area (Å²) in [5.41, 5.74) is 1.47. The van der Waals surface area contributed by atoms with Crippen molar-refractivity contribution in [1.29, 1.82) is 0 Å².